The maximum atomic E-state index is 5.44. The molecule has 2 heterocycles. The Morgan fingerprint density at radius 2 is 2.38 bits per heavy atom. The second kappa shape index (κ2) is 2.78. The van der Waals surface area contributed by atoms with Crippen LogP contribution in [0.1, 0.15) is 0 Å². The van der Waals surface area contributed by atoms with Crippen LogP contribution in [0, 0.1) is 0 Å². The summed E-state index contributed by atoms with van der Waals surface area (Å²) >= 11 is 0. The molecule has 0 saturated carbocycles. The number of nitrogen functional groups attached to an aromatic ring is 1. The quantitative estimate of drug-likeness (QED) is 0.713. The first-order chi connectivity index (χ1) is 6.29. The minimum Gasteiger partial charge on any atom is -0.369 e. The van der Waals surface area contributed by atoms with E-state index in [1.807, 2.05) is 6.20 Å². The van der Waals surface area contributed by atoms with Gasteiger partial charge in [0.2, 0.25) is 0 Å². The normalized spacial score (nSPS) is 10.2. The fraction of sp³-hybridized carbons (Fsp3) is 0. The maximum Gasteiger partial charge on any atom is 0.197 e. The Balaban J connectivity index is 2.40. The van der Waals surface area contributed by atoms with Crippen LogP contribution in [0.2, 0.25) is 0 Å². The van der Waals surface area contributed by atoms with Gasteiger partial charge < -0.3 is 10.7 Å². The number of hydrogen-bond acceptors (Lipinski definition) is 3. The van der Waals surface area contributed by atoms with Crippen LogP contribution in [-0.4, -0.2) is 19.7 Å². The van der Waals surface area contributed by atoms with Crippen molar-refractivity contribution < 1.29 is 0 Å². The van der Waals surface area contributed by atoms with Crippen molar-refractivity contribution in [2.45, 2.75) is 0 Å². The Bertz CT molecular complexity index is 425. The van der Waals surface area contributed by atoms with Crippen molar-refractivity contribution in [1.82, 2.24) is 19.7 Å². The summed E-state index contributed by atoms with van der Waals surface area (Å²) in [7, 11) is 0. The predicted molar refractivity (Wildman–Crippen MR) is 50.6 cm³/mol. The predicted octanol–water partition coefficient (Wildman–Crippen LogP) is 0.956. The molecule has 5 heteroatoms. The molecular weight excluding hydrogens is 166 g/mol. The van der Waals surface area contributed by atoms with E-state index >= 15 is 0 Å². The lowest BCUT2D eigenvalue weighted by Crippen LogP contribution is -1.85. The van der Waals surface area contributed by atoms with Gasteiger partial charge in [0.25, 0.3) is 0 Å². The highest BCUT2D eigenvalue weighted by Gasteiger charge is 2.02. The lowest BCUT2D eigenvalue weighted by molar-refractivity contribution is 0.937. The maximum absolute atomic E-state index is 5.44. The molecule has 13 heavy (non-hydrogen) atoms. The van der Waals surface area contributed by atoms with Gasteiger partial charge in [-0.15, -0.1) is 0 Å². The molecule has 0 amide bonds. The summed E-state index contributed by atoms with van der Waals surface area (Å²) in [6.45, 7) is 3.59. The molecule has 0 saturated heterocycles. The minimum atomic E-state index is 0.404. The topological polar surface area (TPSA) is 72.5 Å². The average Bonchev–Trinajstić information content (AvgIpc) is 2.71. The SMILES string of the molecule is C=Cn1cc(-c2cnc(N)[nH]2)cn1. The lowest BCUT2D eigenvalue weighted by atomic mass is 10.3. The fourth-order valence-electron chi connectivity index (χ4n) is 1.06. The van der Waals surface area contributed by atoms with Gasteiger partial charge in [0.1, 0.15) is 0 Å². The molecule has 5 nitrogen and oxygen atoms in total. The highest BCUT2D eigenvalue weighted by molar-refractivity contribution is 5.58. The zero-order valence-corrected chi connectivity index (χ0v) is 6.94. The summed E-state index contributed by atoms with van der Waals surface area (Å²) in [5.74, 6) is 0.404. The van der Waals surface area contributed by atoms with Crippen LogP contribution in [0.5, 0.6) is 0 Å². The number of H-pyrrole nitrogens is 1. The van der Waals surface area contributed by atoms with Crippen LogP contribution in [0.25, 0.3) is 17.5 Å². The molecule has 2 aromatic heterocycles. The standard InChI is InChI=1S/C8H9N5/c1-2-13-5-6(3-11-13)7-4-10-8(9)12-7/h2-5H,1H2,(H3,9,10,12). The molecule has 3 N–H and O–H groups in total. The van der Waals surface area contributed by atoms with Crippen molar-refractivity contribution in [3.8, 4) is 11.3 Å². The Hall–Kier alpha value is -2.04. The highest BCUT2D eigenvalue weighted by Crippen LogP contribution is 2.16. The molecule has 2 aromatic rings. The van der Waals surface area contributed by atoms with Crippen LogP contribution < -0.4 is 5.73 Å². The average molecular weight is 175 g/mol. The molecule has 0 aliphatic rings. The van der Waals surface area contributed by atoms with Gasteiger partial charge in [-0.3, -0.25) is 0 Å². The number of nitrogens with two attached hydrogens (primary N) is 1. The summed E-state index contributed by atoms with van der Waals surface area (Å²) in [5, 5.41) is 4.03. The largest absolute Gasteiger partial charge is 0.369 e. The van der Waals surface area contributed by atoms with Crippen LogP contribution in [-0.2, 0) is 0 Å². The summed E-state index contributed by atoms with van der Waals surface area (Å²) in [6, 6.07) is 0. The summed E-state index contributed by atoms with van der Waals surface area (Å²) in [4.78, 5) is 6.80. The third-order valence-corrected chi connectivity index (χ3v) is 1.70. The molecule has 0 unspecified atom stereocenters. The van der Waals surface area contributed by atoms with E-state index in [2.05, 4.69) is 21.6 Å². The number of anilines is 1. The zero-order chi connectivity index (χ0) is 9.26. The molecule has 0 radical (unpaired) electrons. The van der Waals surface area contributed by atoms with E-state index in [0.717, 1.165) is 11.3 Å². The number of nitrogens with one attached hydrogen (secondary N) is 1. The molecule has 0 aliphatic heterocycles. The first-order valence-electron chi connectivity index (χ1n) is 3.77. The van der Waals surface area contributed by atoms with Crippen molar-refractivity contribution in [1.29, 1.82) is 0 Å². The minimum absolute atomic E-state index is 0.404. The third-order valence-electron chi connectivity index (χ3n) is 1.70. The van der Waals surface area contributed by atoms with E-state index in [1.165, 1.54) is 0 Å². The summed E-state index contributed by atoms with van der Waals surface area (Å²) in [5.41, 5.74) is 7.23. The number of aromatic nitrogens is 4. The van der Waals surface area contributed by atoms with E-state index in [0.29, 0.717) is 5.95 Å². The van der Waals surface area contributed by atoms with Crippen molar-refractivity contribution in [3.05, 3.63) is 25.2 Å². The molecule has 66 valence electrons. The fourth-order valence-corrected chi connectivity index (χ4v) is 1.06. The number of aromatic amines is 1. The van der Waals surface area contributed by atoms with Crippen LogP contribution in [0.4, 0.5) is 5.95 Å². The second-order valence-corrected chi connectivity index (χ2v) is 2.57. The zero-order valence-electron chi connectivity index (χ0n) is 6.94. The van der Waals surface area contributed by atoms with Crippen LogP contribution in [0.15, 0.2) is 25.2 Å². The molecule has 0 aromatic carbocycles. The molecule has 0 fully saturated rings. The van der Waals surface area contributed by atoms with Gasteiger partial charge in [-0.05, 0) is 0 Å². The van der Waals surface area contributed by atoms with Gasteiger partial charge in [0.15, 0.2) is 5.95 Å². The molecular formula is C8H9N5. The Morgan fingerprint density at radius 1 is 1.54 bits per heavy atom. The van der Waals surface area contributed by atoms with E-state index in [4.69, 9.17) is 5.73 Å². The lowest BCUT2D eigenvalue weighted by Gasteiger charge is -1.87. The van der Waals surface area contributed by atoms with Gasteiger partial charge in [-0.2, -0.15) is 5.10 Å². The number of hydrogen-bond donors (Lipinski definition) is 2. The van der Waals surface area contributed by atoms with Crippen molar-refractivity contribution in [2.75, 3.05) is 5.73 Å². The Labute approximate surface area is 74.9 Å². The first kappa shape index (κ1) is 7.60. The monoisotopic (exact) mass is 175 g/mol. The third kappa shape index (κ3) is 1.31. The van der Waals surface area contributed by atoms with E-state index in [9.17, 15) is 0 Å². The van der Waals surface area contributed by atoms with Crippen molar-refractivity contribution in [3.63, 3.8) is 0 Å². The van der Waals surface area contributed by atoms with Gasteiger partial charge in [-0.25, -0.2) is 9.67 Å². The van der Waals surface area contributed by atoms with Gasteiger partial charge in [0.05, 0.1) is 18.1 Å². The number of rotatable bonds is 2. The van der Waals surface area contributed by atoms with Gasteiger partial charge in [0, 0.05) is 18.0 Å². The molecule has 0 aliphatic carbocycles. The first-order valence-corrected chi connectivity index (χ1v) is 3.77. The molecule has 0 atom stereocenters. The summed E-state index contributed by atoms with van der Waals surface area (Å²) in [6.07, 6.45) is 6.83. The molecule has 0 spiro atoms. The van der Waals surface area contributed by atoms with Crippen LogP contribution in [0.3, 0.4) is 0 Å². The number of nitrogens with zero attached hydrogens (tertiary/aromatic N) is 3. The Morgan fingerprint density at radius 3 is 2.92 bits per heavy atom. The smallest absolute Gasteiger partial charge is 0.197 e. The van der Waals surface area contributed by atoms with Gasteiger partial charge >= 0.3 is 0 Å². The summed E-state index contributed by atoms with van der Waals surface area (Å²) < 4.78 is 1.62. The van der Waals surface area contributed by atoms with Crippen molar-refractivity contribution >= 4 is 12.1 Å². The molecule has 2 rings (SSSR count). The van der Waals surface area contributed by atoms with Gasteiger partial charge in [-0.1, -0.05) is 6.58 Å². The van der Waals surface area contributed by atoms with Crippen LogP contribution >= 0.6 is 0 Å². The Kier molecular flexibility index (Phi) is 1.63. The van der Waals surface area contributed by atoms with E-state index in [1.54, 1.807) is 23.3 Å². The highest BCUT2D eigenvalue weighted by atomic mass is 15.2. The molecule has 0 bridgehead atoms. The van der Waals surface area contributed by atoms with E-state index < -0.39 is 0 Å². The van der Waals surface area contributed by atoms with E-state index in [-0.39, 0.29) is 0 Å². The van der Waals surface area contributed by atoms with Crippen molar-refractivity contribution in [2.24, 2.45) is 0 Å². The second-order valence-electron chi connectivity index (χ2n) is 2.57. The number of imidazole rings is 1.